The van der Waals surface area contributed by atoms with Crippen LogP contribution >= 0.6 is 11.6 Å². The van der Waals surface area contributed by atoms with Crippen LogP contribution in [0.5, 0.6) is 0 Å². The van der Waals surface area contributed by atoms with E-state index in [4.69, 9.17) is 21.1 Å². The van der Waals surface area contributed by atoms with Crippen LogP contribution in [0.25, 0.3) is 11.1 Å². The van der Waals surface area contributed by atoms with Crippen LogP contribution in [0, 0.1) is 0 Å². The van der Waals surface area contributed by atoms with E-state index in [1.165, 1.54) is 0 Å². The quantitative estimate of drug-likeness (QED) is 0.140. The summed E-state index contributed by atoms with van der Waals surface area (Å²) in [6.07, 6.45) is 4.23. The van der Waals surface area contributed by atoms with Crippen LogP contribution in [0.4, 0.5) is 0 Å². The van der Waals surface area contributed by atoms with Crippen molar-refractivity contribution in [2.45, 2.75) is 56.5 Å². The number of halogens is 1. The van der Waals surface area contributed by atoms with Crippen LogP contribution in [-0.2, 0) is 28.2 Å². The number of piperidine rings is 1. The third-order valence-electron chi connectivity index (χ3n) is 9.94. The molecule has 2 fully saturated rings. The number of aromatic nitrogens is 1. The second-order valence-corrected chi connectivity index (χ2v) is 13.9. The van der Waals surface area contributed by atoms with Gasteiger partial charge in [0.05, 0.1) is 30.0 Å². The van der Waals surface area contributed by atoms with Gasteiger partial charge in [-0.25, -0.2) is 0 Å². The van der Waals surface area contributed by atoms with Crippen molar-refractivity contribution in [3.05, 3.63) is 160 Å². The molecule has 0 saturated carbocycles. The van der Waals surface area contributed by atoms with E-state index in [-0.39, 0.29) is 24.7 Å². The highest BCUT2D eigenvalue weighted by atomic mass is 35.5. The summed E-state index contributed by atoms with van der Waals surface area (Å²) in [5.41, 5.74) is 6.38. The van der Waals surface area contributed by atoms with Crippen molar-refractivity contribution in [2.24, 2.45) is 0 Å². The van der Waals surface area contributed by atoms with Crippen LogP contribution in [0.3, 0.4) is 0 Å². The zero-order valence-electron chi connectivity index (χ0n) is 28.3. The fraction of sp³-hybridized carbons (Fsp3) is 0.286. The van der Waals surface area contributed by atoms with Gasteiger partial charge >= 0.3 is 0 Å². The van der Waals surface area contributed by atoms with Gasteiger partial charge in [-0.2, -0.15) is 0 Å². The Morgan fingerprint density at radius 2 is 1.61 bits per heavy atom. The molecule has 7 rings (SSSR count). The van der Waals surface area contributed by atoms with Gasteiger partial charge in [-0.15, -0.1) is 0 Å². The smallest absolute Gasteiger partial charge is 0.253 e. The number of hydrogen-bond donors (Lipinski definition) is 3. The van der Waals surface area contributed by atoms with Gasteiger partial charge in [0.1, 0.15) is 0 Å². The number of nitrogens with zero attached hydrogens (tertiary/aromatic N) is 2. The van der Waals surface area contributed by atoms with E-state index in [2.05, 4.69) is 39.5 Å². The number of nitrogens with one attached hydrogen (secondary N) is 1. The summed E-state index contributed by atoms with van der Waals surface area (Å²) < 4.78 is 13.4. The molecule has 8 nitrogen and oxygen atoms in total. The minimum atomic E-state index is -0.875. The molecular weight excluding hydrogens is 662 g/mol. The predicted octanol–water partition coefficient (Wildman–Crippen LogP) is 7.35. The first kappa shape index (κ1) is 35.0. The van der Waals surface area contributed by atoms with Crippen molar-refractivity contribution in [2.75, 3.05) is 19.6 Å². The molecule has 0 radical (unpaired) electrons. The van der Waals surface area contributed by atoms with Crippen LogP contribution in [0.1, 0.15) is 69.8 Å². The molecule has 1 amide bonds. The van der Waals surface area contributed by atoms with Crippen LogP contribution in [-0.4, -0.2) is 51.7 Å². The molecule has 3 atom stereocenters. The third kappa shape index (κ3) is 8.56. The number of likely N-dealkylation sites (tertiary alicyclic amines) is 1. The lowest BCUT2D eigenvalue weighted by Gasteiger charge is -2.42. The van der Waals surface area contributed by atoms with Gasteiger partial charge in [-0.1, -0.05) is 84.4 Å². The van der Waals surface area contributed by atoms with Crippen molar-refractivity contribution < 1.29 is 24.5 Å². The van der Waals surface area contributed by atoms with Crippen molar-refractivity contribution in [3.8, 4) is 11.1 Å². The van der Waals surface area contributed by atoms with E-state index in [9.17, 15) is 15.0 Å². The molecule has 51 heavy (non-hydrogen) atoms. The fourth-order valence-electron chi connectivity index (χ4n) is 6.98. The van der Waals surface area contributed by atoms with Gasteiger partial charge in [0.15, 0.2) is 6.29 Å². The monoisotopic (exact) mass is 703 g/mol. The molecule has 0 aliphatic carbocycles. The first-order chi connectivity index (χ1) is 24.8. The van der Waals surface area contributed by atoms with E-state index in [1.54, 1.807) is 24.5 Å². The van der Waals surface area contributed by atoms with Crippen LogP contribution in [0.2, 0.25) is 5.02 Å². The summed E-state index contributed by atoms with van der Waals surface area (Å²) in [6.45, 7) is 2.59. The molecule has 2 aliphatic heterocycles. The second-order valence-electron chi connectivity index (χ2n) is 13.4. The molecule has 9 heteroatoms. The minimum absolute atomic E-state index is 0.0115. The molecule has 1 aromatic heterocycles. The Morgan fingerprint density at radius 3 is 2.33 bits per heavy atom. The van der Waals surface area contributed by atoms with Crippen LogP contribution in [0.15, 0.2) is 122 Å². The molecule has 3 heterocycles. The van der Waals surface area contributed by atoms with Gasteiger partial charge < -0.3 is 29.9 Å². The number of benzene rings is 4. The van der Waals surface area contributed by atoms with Gasteiger partial charge in [0.25, 0.3) is 5.91 Å². The maximum atomic E-state index is 12.6. The van der Waals surface area contributed by atoms with Gasteiger partial charge in [-0.3, -0.25) is 9.78 Å². The Bertz CT molecular complexity index is 1910. The molecule has 5 aromatic rings. The molecule has 3 N–H and O–H groups in total. The highest BCUT2D eigenvalue weighted by Gasteiger charge is 2.37. The number of rotatable bonds is 10. The predicted molar refractivity (Wildman–Crippen MR) is 197 cm³/mol. The molecule has 262 valence electrons. The van der Waals surface area contributed by atoms with E-state index in [1.807, 2.05) is 72.8 Å². The number of aliphatic hydroxyl groups is 2. The fourth-order valence-corrected chi connectivity index (χ4v) is 7.11. The summed E-state index contributed by atoms with van der Waals surface area (Å²) in [5, 5.41) is 24.7. The molecule has 4 aromatic carbocycles. The number of aliphatic hydroxyl groups excluding tert-OH is 1. The lowest BCUT2D eigenvalue weighted by Crippen LogP contribution is -2.46. The normalized spacial score (nSPS) is 20.5. The van der Waals surface area contributed by atoms with Gasteiger partial charge in [-0.05, 0) is 82.6 Å². The number of hydrogen-bond acceptors (Lipinski definition) is 7. The second kappa shape index (κ2) is 15.9. The lowest BCUT2D eigenvalue weighted by atomic mass is 9.84. The van der Waals surface area contributed by atoms with Crippen LogP contribution < -0.4 is 5.32 Å². The van der Waals surface area contributed by atoms with E-state index in [0.29, 0.717) is 42.9 Å². The Labute approximate surface area is 303 Å². The first-order valence-electron chi connectivity index (χ1n) is 17.4. The molecular formula is C42H42ClN3O5. The lowest BCUT2D eigenvalue weighted by molar-refractivity contribution is -0.253. The topological polar surface area (TPSA) is 104 Å². The van der Waals surface area contributed by atoms with Crippen molar-refractivity contribution in [1.29, 1.82) is 0 Å². The Hall–Kier alpha value is -4.41. The highest BCUT2D eigenvalue weighted by Crippen LogP contribution is 2.40. The number of carbonyl (C=O) groups is 1. The molecule has 2 aliphatic rings. The Morgan fingerprint density at radius 1 is 0.863 bits per heavy atom. The zero-order valence-corrected chi connectivity index (χ0v) is 29.1. The van der Waals surface area contributed by atoms with E-state index in [0.717, 1.165) is 52.0 Å². The average molecular weight is 704 g/mol. The Kier molecular flexibility index (Phi) is 10.9. The van der Waals surface area contributed by atoms with Gasteiger partial charge in [0.2, 0.25) is 0 Å². The van der Waals surface area contributed by atoms with E-state index >= 15 is 0 Å². The maximum Gasteiger partial charge on any atom is 0.253 e. The molecule has 0 spiro atoms. The van der Waals surface area contributed by atoms with Crippen molar-refractivity contribution in [1.82, 2.24) is 15.2 Å². The number of pyridine rings is 1. The zero-order chi connectivity index (χ0) is 35.2. The summed E-state index contributed by atoms with van der Waals surface area (Å²) >= 11 is 6.10. The van der Waals surface area contributed by atoms with Crippen molar-refractivity contribution >= 4 is 17.5 Å². The summed E-state index contributed by atoms with van der Waals surface area (Å²) in [4.78, 5) is 19.0. The largest absolute Gasteiger partial charge is 0.392 e. The summed E-state index contributed by atoms with van der Waals surface area (Å²) in [7, 11) is 0. The standard InChI is InChI=1S/C42H42ClN3O5/c43-37-15-13-36(14-16-37)42(49)17-20-46(21-18-42)27-38-24-39(31-11-9-29(28-47)10-12-31)51-41(50-38)34-7-2-6-33(23-34)32-5-1-4-30(22-32)25-45-40(48)35-8-3-19-44-26-35/h1-16,19,22-23,26,38-39,41,47,49H,17-18,20-21,24-25,27-28H2,(H,45,48)/t38-,39+,41+/m0/s1. The summed E-state index contributed by atoms with van der Waals surface area (Å²) in [5.74, 6) is -0.168. The van der Waals surface area contributed by atoms with Crippen molar-refractivity contribution in [3.63, 3.8) is 0 Å². The maximum absolute atomic E-state index is 12.6. The number of ether oxygens (including phenoxy) is 2. The average Bonchev–Trinajstić information content (AvgIpc) is 3.18. The summed E-state index contributed by atoms with van der Waals surface area (Å²) in [6, 6.07) is 35.3. The third-order valence-corrected chi connectivity index (χ3v) is 10.2. The Balaban J connectivity index is 1.06. The SMILES string of the molecule is O=C(NCc1cccc(-c2cccc([C@@H]3O[C@H](CN4CCC(O)(c5ccc(Cl)cc5)CC4)C[C@H](c4ccc(CO)cc4)O3)c2)c1)c1cccnc1. The van der Waals surface area contributed by atoms with E-state index < -0.39 is 11.9 Å². The molecule has 0 bridgehead atoms. The number of carbonyl (C=O) groups excluding carboxylic acids is 1. The van der Waals surface area contributed by atoms with Gasteiger partial charge in [0, 0.05) is 55.6 Å². The minimum Gasteiger partial charge on any atom is -0.392 e. The molecule has 2 saturated heterocycles. The molecule has 0 unspecified atom stereocenters. The highest BCUT2D eigenvalue weighted by molar-refractivity contribution is 6.30. The first-order valence-corrected chi connectivity index (χ1v) is 17.8. The number of amides is 1.